The van der Waals surface area contributed by atoms with E-state index in [1.807, 2.05) is 39.1 Å². The molecule has 0 bridgehead atoms. The Morgan fingerprint density at radius 1 is 1.19 bits per heavy atom. The van der Waals surface area contributed by atoms with Crippen LogP contribution in [0, 0.1) is 13.8 Å². The molecule has 1 N–H and O–H groups in total. The van der Waals surface area contributed by atoms with Gasteiger partial charge in [0, 0.05) is 24.7 Å². The first-order chi connectivity index (χ1) is 10.1. The average Bonchev–Trinajstić information content (AvgIpc) is 2.66. The minimum absolute atomic E-state index is 0.636. The van der Waals surface area contributed by atoms with E-state index >= 15 is 0 Å². The molecular weight excluding hydrogens is 268 g/mol. The van der Waals surface area contributed by atoms with Gasteiger partial charge in [-0.2, -0.15) is 5.10 Å². The zero-order chi connectivity index (χ0) is 15.0. The molecule has 112 valence electrons. The predicted molar refractivity (Wildman–Crippen MR) is 78.8 cm³/mol. The van der Waals surface area contributed by atoms with Crippen molar-refractivity contribution in [2.24, 2.45) is 7.05 Å². The lowest BCUT2D eigenvalue weighted by molar-refractivity contribution is 0.217. The summed E-state index contributed by atoms with van der Waals surface area (Å²) in [5.74, 6) is 1.44. The second-order valence-corrected chi connectivity index (χ2v) is 5.37. The van der Waals surface area contributed by atoms with Crippen LogP contribution in [0.15, 0.2) is 18.2 Å². The van der Waals surface area contributed by atoms with Crippen molar-refractivity contribution in [1.82, 2.24) is 9.78 Å². The van der Waals surface area contributed by atoms with Crippen LogP contribution < -0.4 is 9.47 Å². The Bertz CT molecular complexity index is 664. The molecule has 1 aliphatic rings. The molecule has 0 spiro atoms. The molecule has 1 aromatic carbocycles. The largest absolute Gasteiger partial charge is 0.490 e. The zero-order valence-electron chi connectivity index (χ0n) is 12.6. The summed E-state index contributed by atoms with van der Waals surface area (Å²) in [6, 6.07) is 5.60. The lowest BCUT2D eigenvalue weighted by atomic mass is 9.99. The molecule has 0 fully saturated rings. The van der Waals surface area contributed by atoms with Crippen molar-refractivity contribution in [2.75, 3.05) is 13.2 Å². The third-order valence-corrected chi connectivity index (χ3v) is 3.93. The summed E-state index contributed by atoms with van der Waals surface area (Å²) < 4.78 is 13.1. The number of aliphatic hydroxyl groups excluding tert-OH is 1. The van der Waals surface area contributed by atoms with Gasteiger partial charge in [0.2, 0.25) is 0 Å². The molecule has 2 aromatic rings. The number of nitrogens with zero attached hydrogens (tertiary/aromatic N) is 2. The number of rotatable bonds is 2. The number of aromatic nitrogens is 2. The van der Waals surface area contributed by atoms with E-state index in [-0.39, 0.29) is 0 Å². The van der Waals surface area contributed by atoms with Gasteiger partial charge >= 0.3 is 0 Å². The molecular formula is C16H20N2O3. The van der Waals surface area contributed by atoms with Crippen molar-refractivity contribution in [1.29, 1.82) is 0 Å². The molecule has 0 aliphatic carbocycles. The summed E-state index contributed by atoms with van der Waals surface area (Å²) >= 11 is 0. The third kappa shape index (κ3) is 2.49. The maximum Gasteiger partial charge on any atom is 0.161 e. The zero-order valence-corrected chi connectivity index (χ0v) is 12.6. The summed E-state index contributed by atoms with van der Waals surface area (Å²) in [7, 11) is 1.88. The molecule has 0 saturated heterocycles. The van der Waals surface area contributed by atoms with Crippen LogP contribution in [0.4, 0.5) is 0 Å². The Morgan fingerprint density at radius 3 is 2.57 bits per heavy atom. The van der Waals surface area contributed by atoms with Gasteiger partial charge in [0.05, 0.1) is 18.9 Å². The standard InChI is InChI=1S/C16H20N2O3/c1-10-15(11(2)18(3)17-10)16(19)12-5-6-13-14(9-12)21-8-4-7-20-13/h5-6,9,16,19H,4,7-8H2,1-3H3. The number of hydrogen-bond donors (Lipinski definition) is 1. The van der Waals surface area contributed by atoms with Crippen molar-refractivity contribution in [3.05, 3.63) is 40.7 Å². The number of aryl methyl sites for hydroxylation is 2. The van der Waals surface area contributed by atoms with E-state index in [0.29, 0.717) is 19.0 Å². The van der Waals surface area contributed by atoms with Gasteiger partial charge in [0.1, 0.15) is 6.10 Å². The van der Waals surface area contributed by atoms with Crippen LogP contribution in [-0.2, 0) is 7.05 Å². The number of aliphatic hydroxyl groups is 1. The van der Waals surface area contributed by atoms with Crippen molar-refractivity contribution in [3.8, 4) is 11.5 Å². The first-order valence-electron chi connectivity index (χ1n) is 7.15. The highest BCUT2D eigenvalue weighted by Gasteiger charge is 2.21. The SMILES string of the molecule is Cc1nn(C)c(C)c1C(O)c1ccc2c(c1)OCCCO2. The molecule has 5 nitrogen and oxygen atoms in total. The molecule has 21 heavy (non-hydrogen) atoms. The maximum atomic E-state index is 10.7. The molecule has 1 aromatic heterocycles. The minimum Gasteiger partial charge on any atom is -0.490 e. The molecule has 0 radical (unpaired) electrons. The van der Waals surface area contributed by atoms with Gasteiger partial charge in [-0.05, 0) is 31.5 Å². The minimum atomic E-state index is -0.712. The Morgan fingerprint density at radius 2 is 1.90 bits per heavy atom. The fourth-order valence-corrected chi connectivity index (χ4v) is 2.70. The average molecular weight is 288 g/mol. The maximum absolute atomic E-state index is 10.7. The third-order valence-electron chi connectivity index (χ3n) is 3.93. The molecule has 0 saturated carbocycles. The van der Waals surface area contributed by atoms with Gasteiger partial charge in [-0.25, -0.2) is 0 Å². The molecule has 1 aliphatic heterocycles. The summed E-state index contributed by atoms with van der Waals surface area (Å²) in [4.78, 5) is 0. The fraction of sp³-hybridized carbons (Fsp3) is 0.438. The van der Waals surface area contributed by atoms with Gasteiger partial charge in [-0.3, -0.25) is 4.68 Å². The molecule has 0 amide bonds. The fourth-order valence-electron chi connectivity index (χ4n) is 2.70. The van der Waals surface area contributed by atoms with E-state index in [9.17, 15) is 5.11 Å². The monoisotopic (exact) mass is 288 g/mol. The second kappa shape index (κ2) is 5.41. The Kier molecular flexibility index (Phi) is 3.59. The van der Waals surface area contributed by atoms with Gasteiger partial charge in [-0.1, -0.05) is 6.07 Å². The van der Waals surface area contributed by atoms with E-state index in [2.05, 4.69) is 5.10 Å². The Balaban J connectivity index is 1.98. The highest BCUT2D eigenvalue weighted by Crippen LogP contribution is 2.35. The van der Waals surface area contributed by atoms with Gasteiger partial charge in [-0.15, -0.1) is 0 Å². The Labute approximate surface area is 124 Å². The number of fused-ring (bicyclic) bond motifs is 1. The van der Waals surface area contributed by atoms with Crippen LogP contribution >= 0.6 is 0 Å². The number of benzene rings is 1. The van der Waals surface area contributed by atoms with E-state index in [4.69, 9.17) is 9.47 Å². The lowest BCUT2D eigenvalue weighted by Gasteiger charge is -2.15. The van der Waals surface area contributed by atoms with Crippen molar-refractivity contribution in [3.63, 3.8) is 0 Å². The van der Waals surface area contributed by atoms with Gasteiger partial charge in [0.15, 0.2) is 11.5 Å². The molecule has 3 rings (SSSR count). The first kappa shape index (κ1) is 13.9. The van der Waals surface area contributed by atoms with Gasteiger partial charge < -0.3 is 14.6 Å². The van der Waals surface area contributed by atoms with Crippen LogP contribution in [0.3, 0.4) is 0 Å². The Hall–Kier alpha value is -2.01. The smallest absolute Gasteiger partial charge is 0.161 e. The van der Waals surface area contributed by atoms with E-state index in [1.165, 1.54) is 0 Å². The van der Waals surface area contributed by atoms with Crippen molar-refractivity contribution >= 4 is 0 Å². The van der Waals surface area contributed by atoms with Crippen LogP contribution in [0.1, 0.15) is 35.0 Å². The highest BCUT2D eigenvalue weighted by molar-refractivity contribution is 5.46. The second-order valence-electron chi connectivity index (χ2n) is 5.37. The van der Waals surface area contributed by atoms with Crippen LogP contribution in [0.5, 0.6) is 11.5 Å². The van der Waals surface area contributed by atoms with Crippen LogP contribution in [0.2, 0.25) is 0 Å². The molecule has 1 unspecified atom stereocenters. The van der Waals surface area contributed by atoms with Crippen LogP contribution in [0.25, 0.3) is 0 Å². The number of hydrogen-bond acceptors (Lipinski definition) is 4. The van der Waals surface area contributed by atoms with Gasteiger partial charge in [0.25, 0.3) is 0 Å². The lowest BCUT2D eigenvalue weighted by Crippen LogP contribution is -2.04. The molecule has 5 heteroatoms. The molecule has 1 atom stereocenters. The van der Waals surface area contributed by atoms with Crippen molar-refractivity contribution < 1.29 is 14.6 Å². The van der Waals surface area contributed by atoms with Crippen LogP contribution in [-0.4, -0.2) is 28.1 Å². The summed E-state index contributed by atoms with van der Waals surface area (Å²) in [6.07, 6.45) is 0.156. The quantitative estimate of drug-likeness (QED) is 0.921. The predicted octanol–water partition coefficient (Wildman–Crippen LogP) is 2.28. The highest BCUT2D eigenvalue weighted by atomic mass is 16.5. The van der Waals surface area contributed by atoms with Crippen molar-refractivity contribution in [2.45, 2.75) is 26.4 Å². The first-order valence-corrected chi connectivity index (χ1v) is 7.15. The topological polar surface area (TPSA) is 56.5 Å². The van der Waals surface area contributed by atoms with E-state index < -0.39 is 6.10 Å². The normalized spacial score (nSPS) is 15.6. The van der Waals surface area contributed by atoms with E-state index in [0.717, 1.165) is 34.7 Å². The summed E-state index contributed by atoms with van der Waals surface area (Å²) in [5, 5.41) is 15.0. The summed E-state index contributed by atoms with van der Waals surface area (Å²) in [6.45, 7) is 5.17. The number of ether oxygens (including phenoxy) is 2. The van der Waals surface area contributed by atoms with E-state index in [1.54, 1.807) is 4.68 Å². The molecule has 2 heterocycles. The summed E-state index contributed by atoms with van der Waals surface area (Å²) in [5.41, 5.74) is 3.45.